The number of nitrogens with zero attached hydrogens (tertiary/aromatic N) is 2. The number of allylic oxidation sites excluding steroid dienone is 1. The molecule has 0 aliphatic heterocycles. The first-order chi connectivity index (χ1) is 12.4. The summed E-state index contributed by atoms with van der Waals surface area (Å²) in [7, 11) is 1.60. The van der Waals surface area contributed by atoms with E-state index in [1.807, 2.05) is 38.1 Å². The minimum atomic E-state index is -0.400. The van der Waals surface area contributed by atoms with Gasteiger partial charge in [0.15, 0.2) is 0 Å². The highest BCUT2D eigenvalue weighted by molar-refractivity contribution is 6.20. The van der Waals surface area contributed by atoms with Crippen molar-refractivity contribution < 1.29 is 13.9 Å². The number of amidine groups is 1. The van der Waals surface area contributed by atoms with E-state index < -0.39 is 5.91 Å². The van der Waals surface area contributed by atoms with Crippen molar-refractivity contribution >= 4 is 17.4 Å². The van der Waals surface area contributed by atoms with Crippen molar-refractivity contribution in [2.75, 3.05) is 7.11 Å². The van der Waals surface area contributed by atoms with Crippen LogP contribution in [0.4, 0.5) is 0 Å². The van der Waals surface area contributed by atoms with Crippen molar-refractivity contribution in [3.8, 4) is 5.75 Å². The largest absolute Gasteiger partial charge is 0.497 e. The molecule has 1 aromatic heterocycles. The number of aromatic nitrogens is 1. The van der Waals surface area contributed by atoms with Gasteiger partial charge >= 0.3 is 0 Å². The Kier molecular flexibility index (Phi) is 6.32. The standard InChI is InChI=1S/C19H22N4O3/c1-12(2)16(19-21-9-10-26-19)23-17(20)13(3)18(24)22-11-14-5-7-15(25-4)8-6-14/h5-10H,3,11H2,1-2,4H3,(H2,20,23)(H,22,24). The molecule has 2 rings (SSSR count). The highest BCUT2D eigenvalue weighted by Gasteiger charge is 2.14. The topological polar surface area (TPSA) is 103 Å². The summed E-state index contributed by atoms with van der Waals surface area (Å²) in [6.07, 6.45) is 2.96. The second kappa shape index (κ2) is 8.66. The van der Waals surface area contributed by atoms with Crippen LogP contribution < -0.4 is 15.8 Å². The average molecular weight is 354 g/mol. The molecule has 0 aliphatic carbocycles. The third-order valence-electron chi connectivity index (χ3n) is 3.54. The summed E-state index contributed by atoms with van der Waals surface area (Å²) in [5.41, 5.74) is 8.25. The summed E-state index contributed by atoms with van der Waals surface area (Å²) >= 11 is 0. The highest BCUT2D eigenvalue weighted by Crippen LogP contribution is 2.18. The Morgan fingerprint density at radius 3 is 2.58 bits per heavy atom. The molecule has 136 valence electrons. The summed E-state index contributed by atoms with van der Waals surface area (Å²) in [5.74, 6) is 0.690. The zero-order valence-electron chi connectivity index (χ0n) is 15.1. The van der Waals surface area contributed by atoms with Gasteiger partial charge in [-0.05, 0) is 37.1 Å². The van der Waals surface area contributed by atoms with E-state index in [0.29, 0.717) is 18.1 Å². The fourth-order valence-corrected chi connectivity index (χ4v) is 2.05. The molecule has 0 fully saturated rings. The summed E-state index contributed by atoms with van der Waals surface area (Å²) in [4.78, 5) is 20.6. The Hall–Kier alpha value is -3.35. The van der Waals surface area contributed by atoms with Gasteiger partial charge in [-0.15, -0.1) is 0 Å². The zero-order chi connectivity index (χ0) is 19.1. The number of rotatable bonds is 7. The molecule has 3 N–H and O–H groups in total. The fourth-order valence-electron chi connectivity index (χ4n) is 2.05. The molecule has 0 atom stereocenters. The molecule has 7 nitrogen and oxygen atoms in total. The number of benzene rings is 1. The first-order valence-corrected chi connectivity index (χ1v) is 7.94. The molecule has 0 radical (unpaired) electrons. The third kappa shape index (κ3) is 4.83. The van der Waals surface area contributed by atoms with Gasteiger partial charge in [0.2, 0.25) is 5.89 Å². The maximum Gasteiger partial charge on any atom is 0.254 e. The number of aliphatic imine (C=N–C) groups is 1. The van der Waals surface area contributed by atoms with E-state index in [0.717, 1.165) is 16.9 Å². The van der Waals surface area contributed by atoms with Crippen LogP contribution in [0.3, 0.4) is 0 Å². The van der Waals surface area contributed by atoms with Crippen LogP contribution in [-0.4, -0.2) is 23.8 Å². The van der Waals surface area contributed by atoms with Gasteiger partial charge in [0.25, 0.3) is 5.91 Å². The molecule has 1 aromatic carbocycles. The fraction of sp³-hybridized carbons (Fsp3) is 0.211. The molecule has 1 amide bonds. The molecule has 0 bridgehead atoms. The van der Waals surface area contributed by atoms with Gasteiger partial charge in [-0.3, -0.25) is 4.79 Å². The van der Waals surface area contributed by atoms with Crippen LogP contribution in [0.15, 0.2) is 63.9 Å². The van der Waals surface area contributed by atoms with Gasteiger partial charge in [0.05, 0.1) is 18.9 Å². The number of nitrogens with one attached hydrogen (secondary N) is 1. The van der Waals surface area contributed by atoms with E-state index in [4.69, 9.17) is 14.9 Å². The molecule has 0 aliphatic rings. The van der Waals surface area contributed by atoms with E-state index in [1.165, 1.54) is 12.5 Å². The van der Waals surface area contributed by atoms with Gasteiger partial charge in [-0.25, -0.2) is 9.98 Å². The predicted octanol–water partition coefficient (Wildman–Crippen LogP) is 2.66. The van der Waals surface area contributed by atoms with Crippen molar-refractivity contribution in [1.29, 1.82) is 0 Å². The molecular formula is C19H22N4O3. The van der Waals surface area contributed by atoms with E-state index in [1.54, 1.807) is 7.11 Å². The number of oxazole rings is 1. The van der Waals surface area contributed by atoms with Gasteiger partial charge in [0, 0.05) is 6.54 Å². The predicted molar refractivity (Wildman–Crippen MR) is 100 cm³/mol. The van der Waals surface area contributed by atoms with Crippen molar-refractivity contribution in [3.05, 3.63) is 65.9 Å². The Balaban J connectivity index is 2.04. The van der Waals surface area contributed by atoms with Crippen molar-refractivity contribution in [2.24, 2.45) is 10.7 Å². The molecule has 0 spiro atoms. The lowest BCUT2D eigenvalue weighted by molar-refractivity contribution is -0.117. The molecule has 0 unspecified atom stereocenters. The van der Waals surface area contributed by atoms with Gasteiger partial charge in [0.1, 0.15) is 23.5 Å². The first kappa shape index (κ1) is 19.0. The lowest BCUT2D eigenvalue weighted by Crippen LogP contribution is -2.30. The second-order valence-electron chi connectivity index (χ2n) is 5.69. The van der Waals surface area contributed by atoms with Crippen molar-refractivity contribution in [1.82, 2.24) is 10.3 Å². The molecule has 0 saturated carbocycles. The first-order valence-electron chi connectivity index (χ1n) is 7.94. The second-order valence-corrected chi connectivity index (χ2v) is 5.69. The van der Waals surface area contributed by atoms with Crippen LogP contribution in [0.1, 0.15) is 25.3 Å². The summed E-state index contributed by atoms with van der Waals surface area (Å²) in [6.45, 7) is 7.76. The molecule has 1 heterocycles. The van der Waals surface area contributed by atoms with Crippen molar-refractivity contribution in [3.63, 3.8) is 0 Å². The average Bonchev–Trinajstić information content (AvgIpc) is 3.17. The number of methoxy groups -OCH3 is 1. The Bertz CT molecular complexity index is 830. The minimum absolute atomic E-state index is 0.00614. The smallest absolute Gasteiger partial charge is 0.254 e. The minimum Gasteiger partial charge on any atom is -0.497 e. The van der Waals surface area contributed by atoms with Crippen LogP contribution in [0.25, 0.3) is 5.70 Å². The van der Waals surface area contributed by atoms with Crippen LogP contribution in [0.5, 0.6) is 5.75 Å². The number of amides is 1. The van der Waals surface area contributed by atoms with Crippen LogP contribution in [-0.2, 0) is 11.3 Å². The molecule has 26 heavy (non-hydrogen) atoms. The van der Waals surface area contributed by atoms with E-state index in [2.05, 4.69) is 21.9 Å². The lowest BCUT2D eigenvalue weighted by Gasteiger charge is -2.09. The highest BCUT2D eigenvalue weighted by atomic mass is 16.5. The number of hydrogen-bond acceptors (Lipinski definition) is 5. The van der Waals surface area contributed by atoms with Crippen LogP contribution >= 0.6 is 0 Å². The SMILES string of the molecule is C=C(C(=O)NCc1ccc(OC)cc1)C(N)=NC(=C(C)C)c1ncco1. The summed E-state index contributed by atoms with van der Waals surface area (Å²) < 4.78 is 10.4. The number of ether oxygens (including phenoxy) is 1. The Labute approximate surface area is 152 Å². The van der Waals surface area contributed by atoms with Crippen molar-refractivity contribution in [2.45, 2.75) is 20.4 Å². The Morgan fingerprint density at radius 2 is 2.04 bits per heavy atom. The summed E-state index contributed by atoms with van der Waals surface area (Å²) in [5, 5.41) is 2.76. The quantitative estimate of drug-likeness (QED) is 0.452. The van der Waals surface area contributed by atoms with E-state index in [-0.39, 0.29) is 11.4 Å². The van der Waals surface area contributed by atoms with E-state index in [9.17, 15) is 4.79 Å². The maximum absolute atomic E-state index is 12.3. The Morgan fingerprint density at radius 1 is 1.35 bits per heavy atom. The summed E-state index contributed by atoms with van der Waals surface area (Å²) in [6, 6.07) is 7.37. The van der Waals surface area contributed by atoms with Gasteiger partial charge < -0.3 is 20.2 Å². The monoisotopic (exact) mass is 354 g/mol. The molecule has 7 heteroatoms. The van der Waals surface area contributed by atoms with Crippen LogP contribution in [0, 0.1) is 0 Å². The van der Waals surface area contributed by atoms with E-state index >= 15 is 0 Å². The number of nitrogens with two attached hydrogens (primary N) is 1. The number of carbonyl (C=O) groups excluding carboxylic acids is 1. The lowest BCUT2D eigenvalue weighted by atomic mass is 10.2. The molecule has 0 saturated heterocycles. The molecule has 2 aromatic rings. The normalized spacial score (nSPS) is 11.0. The zero-order valence-corrected chi connectivity index (χ0v) is 15.1. The van der Waals surface area contributed by atoms with Gasteiger partial charge in [-0.2, -0.15) is 0 Å². The third-order valence-corrected chi connectivity index (χ3v) is 3.54. The number of hydrogen-bond donors (Lipinski definition) is 2. The molecular weight excluding hydrogens is 332 g/mol. The number of carbonyl (C=O) groups is 1. The van der Waals surface area contributed by atoms with Crippen LogP contribution in [0.2, 0.25) is 0 Å². The van der Waals surface area contributed by atoms with Gasteiger partial charge in [-0.1, -0.05) is 18.7 Å². The maximum atomic E-state index is 12.3.